The molecule has 0 saturated carbocycles. The Morgan fingerprint density at radius 1 is 1.06 bits per heavy atom. The summed E-state index contributed by atoms with van der Waals surface area (Å²) < 4.78 is 13.9. The van der Waals surface area contributed by atoms with E-state index in [0.717, 1.165) is 82.8 Å². The van der Waals surface area contributed by atoms with Gasteiger partial charge in [0.25, 0.3) is 12.1 Å². The number of piperazine rings is 1. The molecule has 2 amide bonds. The van der Waals surface area contributed by atoms with E-state index in [4.69, 9.17) is 14.5 Å². The zero-order valence-electron chi connectivity index (χ0n) is 39.3. The predicted octanol–water partition coefficient (Wildman–Crippen LogP) is 6.38. The average Bonchev–Trinajstić information content (AvgIpc) is 3.58. The first-order chi connectivity index (χ1) is 30.5. The molecule has 0 spiro atoms. The van der Waals surface area contributed by atoms with Crippen LogP contribution >= 0.6 is 0 Å². The van der Waals surface area contributed by atoms with Gasteiger partial charge >= 0.3 is 6.09 Å². The standard InChI is InChI=1S/C48H71N9O7/c1-9-55-41-18-17-33(34-14-12-19-52(28-34)30-40(50-46(60)64-47(3,4)5)45(59)56-21-13-16-42(51-56)57(61)62)24-37(41)39(26-48(6,7)31-58)44(55)38-25-36(27-49-43(38)32(2)63-8)54-23-22-53-20-11-10-15-35(53)29-54/h14,17-18,24-25,27,32,35,40,42,51,58H,9-13,15-16,19-23,26,28-31H2,1-8H3,(H,50,60)/t32-,35+,40-,42+/m0/s1. The van der Waals surface area contributed by atoms with Gasteiger partial charge < -0.3 is 29.4 Å². The number of aromatic nitrogens is 2. The van der Waals surface area contributed by atoms with Crippen LogP contribution in [0, 0.1) is 15.5 Å². The van der Waals surface area contributed by atoms with Gasteiger partial charge in [-0.1, -0.05) is 32.4 Å². The van der Waals surface area contributed by atoms with Gasteiger partial charge in [-0.05, 0) is 114 Å². The molecule has 1 aromatic carbocycles. The highest BCUT2D eigenvalue weighted by Crippen LogP contribution is 2.43. The largest absolute Gasteiger partial charge is 0.444 e. The van der Waals surface area contributed by atoms with Crippen LogP contribution in [0.5, 0.6) is 0 Å². The maximum absolute atomic E-state index is 14.0. The fourth-order valence-corrected chi connectivity index (χ4v) is 9.96. The Kier molecular flexibility index (Phi) is 14.7. The minimum absolute atomic E-state index is 0.0210. The molecule has 0 radical (unpaired) electrons. The van der Waals surface area contributed by atoms with Crippen molar-refractivity contribution in [2.75, 3.05) is 71.0 Å². The number of pyridine rings is 1. The summed E-state index contributed by atoms with van der Waals surface area (Å²) in [6.45, 7) is 20.3. The Hall–Kier alpha value is -4.61. The highest BCUT2D eigenvalue weighted by atomic mass is 16.6. The van der Waals surface area contributed by atoms with Crippen molar-refractivity contribution in [1.82, 2.24) is 35.1 Å². The second-order valence-electron chi connectivity index (χ2n) is 20.0. The number of nitrogens with zero attached hydrogens (tertiary/aromatic N) is 7. The SMILES string of the molecule is CCn1c(-c2cc(N3CCN4CCCC[C@@H]4C3)cnc2[C@H](C)OC)c(CC(C)(C)CO)c2cc(C3=CCCN(C[C@H](NC(=O)OC(C)(C)C)C(=O)N4CCC[C@@H]([N+](=O)[O-])N4)C3)ccc21. The summed E-state index contributed by atoms with van der Waals surface area (Å²) in [6, 6.07) is 8.52. The molecule has 4 atom stereocenters. The van der Waals surface area contributed by atoms with E-state index in [1.807, 2.05) is 6.20 Å². The first-order valence-electron chi connectivity index (χ1n) is 23.4. The normalized spacial score (nSPS) is 21.3. The van der Waals surface area contributed by atoms with E-state index >= 15 is 0 Å². The van der Waals surface area contributed by atoms with E-state index in [1.165, 1.54) is 30.8 Å². The van der Waals surface area contributed by atoms with Crippen molar-refractivity contribution < 1.29 is 29.1 Å². The van der Waals surface area contributed by atoms with Gasteiger partial charge in [0, 0.05) is 99.9 Å². The molecule has 3 saturated heterocycles. The van der Waals surface area contributed by atoms with E-state index in [-0.39, 0.29) is 19.3 Å². The fraction of sp³-hybridized carbons (Fsp3) is 0.646. The number of hydrazine groups is 1. The number of aliphatic hydroxyl groups is 1. The quantitative estimate of drug-likeness (QED) is 0.121. The number of aliphatic hydroxyl groups excluding tert-OH is 1. The van der Waals surface area contributed by atoms with E-state index in [1.54, 1.807) is 27.9 Å². The van der Waals surface area contributed by atoms with Crippen LogP contribution in [-0.4, -0.2) is 136 Å². The smallest absolute Gasteiger partial charge is 0.408 e. The highest BCUT2D eigenvalue weighted by molar-refractivity contribution is 5.95. The first-order valence-corrected chi connectivity index (χ1v) is 23.4. The van der Waals surface area contributed by atoms with Crippen LogP contribution in [0.15, 0.2) is 36.5 Å². The van der Waals surface area contributed by atoms with Gasteiger partial charge in [-0.2, -0.15) is 5.43 Å². The zero-order chi connectivity index (χ0) is 45.9. The predicted molar refractivity (Wildman–Crippen MR) is 249 cm³/mol. The number of alkyl carbamates (subject to hydrolysis) is 1. The van der Waals surface area contributed by atoms with E-state index in [2.05, 4.69) is 88.0 Å². The number of fused-ring (bicyclic) bond motifs is 2. The topological polar surface area (TPSA) is 171 Å². The zero-order valence-corrected chi connectivity index (χ0v) is 39.3. The second kappa shape index (κ2) is 19.9. The van der Waals surface area contributed by atoms with Crippen molar-refractivity contribution in [3.05, 3.63) is 63.5 Å². The van der Waals surface area contributed by atoms with Gasteiger partial charge in [0.15, 0.2) is 0 Å². The lowest BCUT2D eigenvalue weighted by Crippen LogP contribution is -2.62. The van der Waals surface area contributed by atoms with Crippen molar-refractivity contribution in [1.29, 1.82) is 0 Å². The Balaban J connectivity index is 1.24. The number of piperidine rings is 1. The number of hydrogen-bond acceptors (Lipinski definition) is 12. The van der Waals surface area contributed by atoms with Gasteiger partial charge in [0.05, 0.1) is 29.4 Å². The number of aryl methyl sites for hydroxylation is 1. The molecule has 0 aliphatic carbocycles. The monoisotopic (exact) mass is 886 g/mol. The second-order valence-corrected chi connectivity index (χ2v) is 20.0. The van der Waals surface area contributed by atoms with E-state index < -0.39 is 40.1 Å². The molecule has 64 heavy (non-hydrogen) atoms. The molecular formula is C48H71N9O7. The number of hydrogen-bond donors (Lipinski definition) is 3. The Morgan fingerprint density at radius 3 is 2.58 bits per heavy atom. The number of nitro groups is 1. The van der Waals surface area contributed by atoms with Crippen LogP contribution < -0.4 is 15.6 Å². The Bertz CT molecular complexity index is 2200. The summed E-state index contributed by atoms with van der Waals surface area (Å²) in [5, 5.41) is 27.6. The molecule has 3 aromatic rings. The van der Waals surface area contributed by atoms with Crippen molar-refractivity contribution in [2.24, 2.45) is 5.41 Å². The number of carbonyl (C=O) groups excluding carboxylic acids is 2. The lowest BCUT2D eigenvalue weighted by molar-refractivity contribution is -0.538. The van der Waals surface area contributed by atoms with Crippen LogP contribution in [0.25, 0.3) is 27.7 Å². The van der Waals surface area contributed by atoms with Crippen LogP contribution in [0.3, 0.4) is 0 Å². The fourth-order valence-electron chi connectivity index (χ4n) is 9.96. The number of carbonyl (C=O) groups is 2. The molecular weight excluding hydrogens is 815 g/mol. The van der Waals surface area contributed by atoms with Crippen LogP contribution in [0.1, 0.15) is 110 Å². The average molecular weight is 886 g/mol. The van der Waals surface area contributed by atoms with E-state index in [9.17, 15) is 24.8 Å². The molecule has 350 valence electrons. The highest BCUT2D eigenvalue weighted by Gasteiger charge is 2.37. The molecule has 16 nitrogen and oxygen atoms in total. The van der Waals surface area contributed by atoms with Crippen LogP contribution in [0.2, 0.25) is 0 Å². The summed E-state index contributed by atoms with van der Waals surface area (Å²) in [6.07, 6.45) is 8.11. The third kappa shape index (κ3) is 10.7. The van der Waals surface area contributed by atoms with Crippen LogP contribution in [0.4, 0.5) is 10.5 Å². The minimum atomic E-state index is -1.08. The summed E-state index contributed by atoms with van der Waals surface area (Å²) in [7, 11) is 1.73. The number of amides is 2. The summed E-state index contributed by atoms with van der Waals surface area (Å²) in [5.74, 6) is -0.448. The van der Waals surface area contributed by atoms with Crippen molar-refractivity contribution in [3.8, 4) is 11.3 Å². The molecule has 0 unspecified atom stereocenters. The molecule has 16 heteroatoms. The maximum atomic E-state index is 14.0. The van der Waals surface area contributed by atoms with Gasteiger partial charge in [-0.15, -0.1) is 0 Å². The minimum Gasteiger partial charge on any atom is -0.444 e. The summed E-state index contributed by atoms with van der Waals surface area (Å²) >= 11 is 0. The number of anilines is 1. The van der Waals surface area contributed by atoms with Gasteiger partial charge in [-0.3, -0.25) is 34.7 Å². The molecule has 4 aliphatic rings. The van der Waals surface area contributed by atoms with Crippen molar-refractivity contribution >= 4 is 34.2 Å². The van der Waals surface area contributed by atoms with Gasteiger partial charge in [0.1, 0.15) is 11.6 Å². The number of methoxy groups -OCH3 is 1. The maximum Gasteiger partial charge on any atom is 0.408 e. The molecule has 4 aliphatic heterocycles. The third-order valence-corrected chi connectivity index (χ3v) is 13.4. The third-order valence-electron chi connectivity index (χ3n) is 13.4. The number of rotatable bonds is 14. The lowest BCUT2D eigenvalue weighted by atomic mass is 9.84. The molecule has 0 bridgehead atoms. The number of benzene rings is 1. The Morgan fingerprint density at radius 2 is 1.86 bits per heavy atom. The van der Waals surface area contributed by atoms with Gasteiger partial charge in [-0.25, -0.2) is 4.79 Å². The molecule has 2 aromatic heterocycles. The number of ether oxygens (including phenoxy) is 2. The lowest BCUT2D eigenvalue weighted by Gasteiger charge is -2.45. The summed E-state index contributed by atoms with van der Waals surface area (Å²) in [4.78, 5) is 50.9. The molecule has 7 rings (SSSR count). The molecule has 3 N–H and O–H groups in total. The van der Waals surface area contributed by atoms with Crippen molar-refractivity contribution in [2.45, 2.75) is 130 Å². The van der Waals surface area contributed by atoms with Gasteiger partial charge in [0.2, 0.25) is 0 Å². The first kappa shape index (κ1) is 47.4. The van der Waals surface area contributed by atoms with Crippen LogP contribution in [-0.2, 0) is 27.2 Å². The number of nitrogens with one attached hydrogen (secondary N) is 2. The Labute approximate surface area is 378 Å². The molecule has 3 fully saturated rings. The summed E-state index contributed by atoms with van der Waals surface area (Å²) in [5.41, 5.74) is 10.1. The van der Waals surface area contributed by atoms with Crippen molar-refractivity contribution in [3.63, 3.8) is 0 Å². The molecule has 6 heterocycles. The van der Waals surface area contributed by atoms with E-state index in [0.29, 0.717) is 44.9 Å².